The fraction of sp³-hybridized carbons (Fsp3) is 0.353. The zero-order valence-electron chi connectivity index (χ0n) is 12.5. The lowest BCUT2D eigenvalue weighted by Crippen LogP contribution is -2.22. The minimum atomic E-state index is 0.0152. The SMILES string of the molecule is CCCOc1cncc(C(NCC)c2ccccc2Cl)c1. The summed E-state index contributed by atoms with van der Waals surface area (Å²) < 4.78 is 5.67. The smallest absolute Gasteiger partial charge is 0.137 e. The Bertz CT molecular complexity index is 574. The molecule has 0 bridgehead atoms. The summed E-state index contributed by atoms with van der Waals surface area (Å²) in [5.74, 6) is 0.796. The van der Waals surface area contributed by atoms with Crippen molar-refractivity contribution in [3.8, 4) is 5.75 Å². The van der Waals surface area contributed by atoms with Crippen LogP contribution in [0, 0.1) is 0 Å². The minimum absolute atomic E-state index is 0.0152. The molecule has 0 fully saturated rings. The van der Waals surface area contributed by atoms with Crippen LogP contribution in [0.1, 0.15) is 37.4 Å². The average Bonchev–Trinajstić information content (AvgIpc) is 2.52. The van der Waals surface area contributed by atoms with Crippen molar-refractivity contribution in [3.63, 3.8) is 0 Å². The van der Waals surface area contributed by atoms with Crippen molar-refractivity contribution in [3.05, 3.63) is 58.9 Å². The standard InChI is InChI=1S/C17H21ClN2O/c1-3-9-21-14-10-13(11-19-12-14)17(20-4-2)15-7-5-6-8-16(15)18/h5-8,10-12,17,20H,3-4,9H2,1-2H3. The van der Waals surface area contributed by atoms with Gasteiger partial charge in [-0.05, 0) is 36.2 Å². The molecule has 1 aromatic heterocycles. The molecular weight excluding hydrogens is 284 g/mol. The fourth-order valence-corrected chi connectivity index (χ4v) is 2.46. The lowest BCUT2D eigenvalue weighted by atomic mass is 10.00. The molecule has 1 heterocycles. The number of nitrogens with one attached hydrogen (secondary N) is 1. The van der Waals surface area contributed by atoms with E-state index in [1.165, 1.54) is 0 Å². The molecule has 0 aliphatic heterocycles. The van der Waals surface area contributed by atoms with E-state index in [1.54, 1.807) is 6.20 Å². The zero-order chi connectivity index (χ0) is 15.1. The molecule has 1 atom stereocenters. The fourth-order valence-electron chi connectivity index (χ4n) is 2.21. The third-order valence-corrected chi connectivity index (χ3v) is 3.51. The van der Waals surface area contributed by atoms with E-state index in [2.05, 4.69) is 24.1 Å². The Labute approximate surface area is 131 Å². The monoisotopic (exact) mass is 304 g/mol. The van der Waals surface area contributed by atoms with Crippen LogP contribution in [0.3, 0.4) is 0 Å². The highest BCUT2D eigenvalue weighted by molar-refractivity contribution is 6.31. The van der Waals surface area contributed by atoms with Crippen LogP contribution in [0.4, 0.5) is 0 Å². The van der Waals surface area contributed by atoms with Gasteiger partial charge in [-0.1, -0.05) is 43.6 Å². The van der Waals surface area contributed by atoms with E-state index in [0.717, 1.165) is 34.9 Å². The number of pyridine rings is 1. The Kier molecular flexibility index (Phi) is 6.03. The van der Waals surface area contributed by atoms with Gasteiger partial charge in [0.15, 0.2) is 0 Å². The summed E-state index contributed by atoms with van der Waals surface area (Å²) in [4.78, 5) is 4.29. The topological polar surface area (TPSA) is 34.1 Å². The van der Waals surface area contributed by atoms with E-state index in [-0.39, 0.29) is 6.04 Å². The van der Waals surface area contributed by atoms with Gasteiger partial charge in [0, 0.05) is 11.2 Å². The highest BCUT2D eigenvalue weighted by Gasteiger charge is 2.16. The molecule has 2 aromatic rings. The van der Waals surface area contributed by atoms with E-state index >= 15 is 0 Å². The highest BCUT2D eigenvalue weighted by atomic mass is 35.5. The first-order valence-electron chi connectivity index (χ1n) is 7.31. The van der Waals surface area contributed by atoms with Crippen LogP contribution in [-0.4, -0.2) is 18.1 Å². The van der Waals surface area contributed by atoms with E-state index in [4.69, 9.17) is 16.3 Å². The largest absolute Gasteiger partial charge is 0.492 e. The van der Waals surface area contributed by atoms with Crippen molar-refractivity contribution in [2.45, 2.75) is 26.3 Å². The quantitative estimate of drug-likeness (QED) is 0.831. The zero-order valence-corrected chi connectivity index (χ0v) is 13.2. The molecule has 0 amide bonds. The van der Waals surface area contributed by atoms with Crippen molar-refractivity contribution >= 4 is 11.6 Å². The maximum Gasteiger partial charge on any atom is 0.137 e. The average molecular weight is 305 g/mol. The lowest BCUT2D eigenvalue weighted by Gasteiger charge is -2.20. The van der Waals surface area contributed by atoms with Gasteiger partial charge in [0.2, 0.25) is 0 Å². The summed E-state index contributed by atoms with van der Waals surface area (Å²) >= 11 is 6.34. The van der Waals surface area contributed by atoms with E-state index in [1.807, 2.05) is 36.5 Å². The van der Waals surface area contributed by atoms with Crippen molar-refractivity contribution in [1.82, 2.24) is 10.3 Å². The Morgan fingerprint density at radius 3 is 2.76 bits per heavy atom. The van der Waals surface area contributed by atoms with Crippen molar-refractivity contribution in [2.24, 2.45) is 0 Å². The molecule has 0 radical (unpaired) electrons. The van der Waals surface area contributed by atoms with Gasteiger partial charge in [-0.25, -0.2) is 0 Å². The number of hydrogen-bond donors (Lipinski definition) is 1. The highest BCUT2D eigenvalue weighted by Crippen LogP contribution is 2.29. The van der Waals surface area contributed by atoms with Crippen molar-refractivity contribution in [1.29, 1.82) is 0 Å². The Morgan fingerprint density at radius 1 is 1.24 bits per heavy atom. The van der Waals surface area contributed by atoms with Gasteiger partial charge in [0.05, 0.1) is 18.8 Å². The van der Waals surface area contributed by atoms with E-state index in [9.17, 15) is 0 Å². The maximum absolute atomic E-state index is 6.34. The van der Waals surface area contributed by atoms with Gasteiger partial charge in [-0.3, -0.25) is 4.98 Å². The first-order valence-corrected chi connectivity index (χ1v) is 7.69. The van der Waals surface area contributed by atoms with E-state index < -0.39 is 0 Å². The number of aromatic nitrogens is 1. The molecule has 112 valence electrons. The number of benzene rings is 1. The molecule has 1 unspecified atom stereocenters. The summed E-state index contributed by atoms with van der Waals surface area (Å²) in [5, 5.41) is 4.21. The van der Waals surface area contributed by atoms with Crippen LogP contribution < -0.4 is 10.1 Å². The number of halogens is 1. The van der Waals surface area contributed by atoms with Crippen LogP contribution in [0.5, 0.6) is 5.75 Å². The van der Waals surface area contributed by atoms with Crippen LogP contribution in [0.2, 0.25) is 5.02 Å². The van der Waals surface area contributed by atoms with E-state index in [0.29, 0.717) is 6.61 Å². The molecule has 1 aromatic carbocycles. The third-order valence-electron chi connectivity index (χ3n) is 3.16. The summed E-state index contributed by atoms with van der Waals surface area (Å²) in [6.45, 7) is 5.70. The predicted molar refractivity (Wildman–Crippen MR) is 87.0 cm³/mol. The van der Waals surface area contributed by atoms with Crippen LogP contribution in [0.15, 0.2) is 42.7 Å². The van der Waals surface area contributed by atoms with Gasteiger partial charge in [0.25, 0.3) is 0 Å². The lowest BCUT2D eigenvalue weighted by molar-refractivity contribution is 0.315. The minimum Gasteiger partial charge on any atom is -0.492 e. The summed E-state index contributed by atoms with van der Waals surface area (Å²) in [7, 11) is 0. The molecule has 0 aliphatic carbocycles. The predicted octanol–water partition coefficient (Wildman–Crippen LogP) is 4.22. The molecule has 1 N–H and O–H groups in total. The molecule has 4 heteroatoms. The second-order valence-electron chi connectivity index (χ2n) is 4.81. The second-order valence-corrected chi connectivity index (χ2v) is 5.22. The summed E-state index contributed by atoms with van der Waals surface area (Å²) in [6.07, 6.45) is 4.58. The molecule has 0 saturated carbocycles. The van der Waals surface area contributed by atoms with Gasteiger partial charge in [-0.2, -0.15) is 0 Å². The van der Waals surface area contributed by atoms with Gasteiger partial charge in [0.1, 0.15) is 5.75 Å². The first kappa shape index (κ1) is 15.8. The van der Waals surface area contributed by atoms with Crippen LogP contribution in [-0.2, 0) is 0 Å². The normalized spacial score (nSPS) is 12.1. The summed E-state index contributed by atoms with van der Waals surface area (Å²) in [5.41, 5.74) is 2.11. The third kappa shape index (κ3) is 4.19. The number of nitrogens with zero attached hydrogens (tertiary/aromatic N) is 1. The number of hydrogen-bond acceptors (Lipinski definition) is 3. The van der Waals surface area contributed by atoms with Gasteiger partial charge in [-0.15, -0.1) is 0 Å². The molecule has 3 nitrogen and oxygen atoms in total. The van der Waals surface area contributed by atoms with Crippen molar-refractivity contribution < 1.29 is 4.74 Å². The molecule has 21 heavy (non-hydrogen) atoms. The second kappa shape index (κ2) is 8.01. The van der Waals surface area contributed by atoms with Gasteiger partial charge < -0.3 is 10.1 Å². The Morgan fingerprint density at radius 2 is 2.05 bits per heavy atom. The molecule has 0 spiro atoms. The van der Waals surface area contributed by atoms with Crippen LogP contribution in [0.25, 0.3) is 0 Å². The maximum atomic E-state index is 6.34. The summed E-state index contributed by atoms with van der Waals surface area (Å²) in [6, 6.07) is 9.92. The molecular formula is C17H21ClN2O. The number of ether oxygens (including phenoxy) is 1. The van der Waals surface area contributed by atoms with Crippen LogP contribution >= 0.6 is 11.6 Å². The van der Waals surface area contributed by atoms with Gasteiger partial charge >= 0.3 is 0 Å². The molecule has 0 aliphatic rings. The molecule has 2 rings (SSSR count). The first-order chi connectivity index (χ1) is 10.3. The molecule has 0 saturated heterocycles. The number of rotatable bonds is 7. The van der Waals surface area contributed by atoms with Crippen molar-refractivity contribution in [2.75, 3.05) is 13.2 Å². The Hall–Kier alpha value is -1.58. The Balaban J connectivity index is 2.32.